The molecule has 0 fully saturated rings. The number of nitrogens with zero attached hydrogens (tertiary/aromatic N) is 2. The molecule has 150 valence electrons. The Balaban J connectivity index is 0.00000625. The van der Waals surface area contributed by atoms with Gasteiger partial charge in [-0.2, -0.15) is 0 Å². The fourth-order valence-electron chi connectivity index (χ4n) is 2.67. The quantitative estimate of drug-likeness (QED) is 0.290. The molecule has 1 aromatic rings. The van der Waals surface area contributed by atoms with Crippen LogP contribution in [0.5, 0.6) is 5.75 Å². The highest BCUT2D eigenvalue weighted by atomic mass is 127. The van der Waals surface area contributed by atoms with Crippen molar-refractivity contribution in [1.29, 1.82) is 0 Å². The van der Waals surface area contributed by atoms with Crippen molar-refractivity contribution in [3.63, 3.8) is 0 Å². The van der Waals surface area contributed by atoms with Crippen molar-refractivity contribution in [2.45, 2.75) is 52.7 Å². The molecule has 0 amide bonds. The first kappa shape index (κ1) is 25.0. The van der Waals surface area contributed by atoms with Crippen molar-refractivity contribution in [2.24, 2.45) is 4.99 Å². The minimum Gasteiger partial charge on any atom is -0.489 e. The topological polar surface area (TPSA) is 48.9 Å². The van der Waals surface area contributed by atoms with Crippen LogP contribution in [0.25, 0.3) is 0 Å². The molecule has 1 rings (SSSR count). The Morgan fingerprint density at radius 1 is 1.15 bits per heavy atom. The van der Waals surface area contributed by atoms with Crippen LogP contribution in [-0.2, 0) is 0 Å². The smallest absolute Gasteiger partial charge is 0.191 e. The van der Waals surface area contributed by atoms with Gasteiger partial charge in [-0.05, 0) is 58.5 Å². The number of para-hydroxylation sites is 1. The number of halogens is 1. The summed E-state index contributed by atoms with van der Waals surface area (Å²) in [4.78, 5) is 6.77. The minimum absolute atomic E-state index is 0. The monoisotopic (exact) mass is 476 g/mol. The normalized spacial score (nSPS) is 13.7. The summed E-state index contributed by atoms with van der Waals surface area (Å²) >= 11 is 0. The number of guanidine groups is 1. The fourth-order valence-corrected chi connectivity index (χ4v) is 2.67. The Bertz CT molecular complexity index is 480. The number of rotatable bonds is 11. The highest BCUT2D eigenvalue weighted by Gasteiger charge is 2.09. The molecule has 1 aromatic carbocycles. The lowest BCUT2D eigenvalue weighted by atomic mass is 10.2. The Morgan fingerprint density at radius 2 is 1.81 bits per heavy atom. The average Bonchev–Trinajstić information content (AvgIpc) is 2.63. The first-order chi connectivity index (χ1) is 12.1. The van der Waals surface area contributed by atoms with Crippen LogP contribution in [0.1, 0.15) is 40.5 Å². The molecule has 5 nitrogen and oxygen atoms in total. The minimum atomic E-state index is 0. The molecule has 0 aliphatic carbocycles. The van der Waals surface area contributed by atoms with E-state index < -0.39 is 0 Å². The summed E-state index contributed by atoms with van der Waals surface area (Å²) in [6.45, 7) is 12.8. The molecule has 0 aromatic heterocycles. The lowest BCUT2D eigenvalue weighted by Gasteiger charge is -2.22. The largest absolute Gasteiger partial charge is 0.489 e. The maximum atomic E-state index is 5.88. The molecule has 2 N–H and O–H groups in total. The van der Waals surface area contributed by atoms with Gasteiger partial charge < -0.3 is 20.3 Å². The van der Waals surface area contributed by atoms with Crippen molar-refractivity contribution in [3.05, 3.63) is 30.3 Å². The summed E-state index contributed by atoms with van der Waals surface area (Å²) in [5.41, 5.74) is 0. The number of aliphatic imine (C=N–C) groups is 1. The van der Waals surface area contributed by atoms with Crippen molar-refractivity contribution in [2.75, 3.05) is 33.2 Å². The number of ether oxygens (including phenoxy) is 1. The second-order valence-corrected chi connectivity index (χ2v) is 6.41. The zero-order chi connectivity index (χ0) is 18.5. The average molecular weight is 476 g/mol. The summed E-state index contributed by atoms with van der Waals surface area (Å²) in [6, 6.07) is 10.3. The van der Waals surface area contributed by atoms with Crippen LogP contribution in [0.2, 0.25) is 0 Å². The summed E-state index contributed by atoms with van der Waals surface area (Å²) in [5.74, 6) is 1.73. The number of hydrogen-bond donors (Lipinski definition) is 2. The first-order valence-electron chi connectivity index (χ1n) is 9.50. The van der Waals surface area contributed by atoms with Crippen LogP contribution in [-0.4, -0.2) is 56.2 Å². The molecule has 2 unspecified atom stereocenters. The molecule has 0 aliphatic rings. The predicted molar refractivity (Wildman–Crippen MR) is 123 cm³/mol. The third-order valence-corrected chi connectivity index (χ3v) is 4.25. The standard InChI is InChI=1S/C20H36N4O.HI/c1-6-24(7-2)15-11-12-17(3)23-20(21-5)22-16-18(4)25-19-13-9-8-10-14-19;/h8-10,13-14,17-18H,6-7,11-12,15-16H2,1-5H3,(H2,21,22,23);1H. The predicted octanol–water partition coefficient (Wildman–Crippen LogP) is 3.75. The van der Waals surface area contributed by atoms with E-state index in [0.717, 1.165) is 37.8 Å². The van der Waals surface area contributed by atoms with Crippen LogP contribution in [0, 0.1) is 0 Å². The summed E-state index contributed by atoms with van der Waals surface area (Å²) in [5, 5.41) is 6.81. The zero-order valence-corrected chi connectivity index (χ0v) is 19.3. The third-order valence-electron chi connectivity index (χ3n) is 4.25. The van der Waals surface area contributed by atoms with Crippen LogP contribution in [0.15, 0.2) is 35.3 Å². The van der Waals surface area contributed by atoms with Gasteiger partial charge in [0, 0.05) is 13.1 Å². The molecule has 2 atom stereocenters. The Morgan fingerprint density at radius 3 is 2.38 bits per heavy atom. The van der Waals surface area contributed by atoms with Gasteiger partial charge >= 0.3 is 0 Å². The van der Waals surface area contributed by atoms with E-state index in [1.54, 1.807) is 7.05 Å². The molecule has 6 heteroatoms. The van der Waals surface area contributed by atoms with Gasteiger partial charge in [-0.1, -0.05) is 32.0 Å². The summed E-state index contributed by atoms with van der Waals surface area (Å²) < 4.78 is 5.88. The van der Waals surface area contributed by atoms with Gasteiger partial charge in [-0.3, -0.25) is 4.99 Å². The van der Waals surface area contributed by atoms with Gasteiger partial charge in [0.2, 0.25) is 0 Å². The molecular formula is C20H37IN4O. The van der Waals surface area contributed by atoms with Crippen LogP contribution in [0.4, 0.5) is 0 Å². The second-order valence-electron chi connectivity index (χ2n) is 6.41. The lowest BCUT2D eigenvalue weighted by Crippen LogP contribution is -2.45. The van der Waals surface area contributed by atoms with Gasteiger partial charge in [0.05, 0.1) is 6.54 Å². The van der Waals surface area contributed by atoms with E-state index >= 15 is 0 Å². The second kappa shape index (κ2) is 15.1. The van der Waals surface area contributed by atoms with E-state index in [9.17, 15) is 0 Å². The Kier molecular flexibility index (Phi) is 14.5. The van der Waals surface area contributed by atoms with Crippen molar-refractivity contribution in [1.82, 2.24) is 15.5 Å². The molecule has 0 bridgehead atoms. The van der Waals surface area contributed by atoms with E-state index in [2.05, 4.69) is 48.2 Å². The van der Waals surface area contributed by atoms with E-state index in [-0.39, 0.29) is 30.1 Å². The van der Waals surface area contributed by atoms with E-state index in [1.165, 1.54) is 6.42 Å². The van der Waals surface area contributed by atoms with Crippen molar-refractivity contribution in [3.8, 4) is 5.75 Å². The molecule has 0 aliphatic heterocycles. The third kappa shape index (κ3) is 10.9. The molecule has 0 saturated carbocycles. The maximum Gasteiger partial charge on any atom is 0.191 e. The molecule has 0 spiro atoms. The van der Waals surface area contributed by atoms with Gasteiger partial charge in [-0.25, -0.2) is 0 Å². The zero-order valence-electron chi connectivity index (χ0n) is 17.0. The molecule has 26 heavy (non-hydrogen) atoms. The van der Waals surface area contributed by atoms with Crippen LogP contribution in [0.3, 0.4) is 0 Å². The highest BCUT2D eigenvalue weighted by Crippen LogP contribution is 2.10. The molecule has 0 radical (unpaired) electrons. The van der Waals surface area contributed by atoms with Gasteiger partial charge in [0.25, 0.3) is 0 Å². The van der Waals surface area contributed by atoms with E-state index in [1.807, 2.05) is 30.3 Å². The number of nitrogens with one attached hydrogen (secondary N) is 2. The maximum absolute atomic E-state index is 5.88. The van der Waals surface area contributed by atoms with Crippen molar-refractivity contribution >= 4 is 29.9 Å². The molecular weight excluding hydrogens is 439 g/mol. The summed E-state index contributed by atoms with van der Waals surface area (Å²) in [6.07, 6.45) is 2.40. The van der Waals surface area contributed by atoms with Gasteiger partial charge in [0.15, 0.2) is 5.96 Å². The van der Waals surface area contributed by atoms with E-state index in [0.29, 0.717) is 12.6 Å². The van der Waals surface area contributed by atoms with Gasteiger partial charge in [0.1, 0.15) is 11.9 Å². The lowest BCUT2D eigenvalue weighted by molar-refractivity contribution is 0.223. The molecule has 0 saturated heterocycles. The fraction of sp³-hybridized carbons (Fsp3) is 0.650. The Labute approximate surface area is 177 Å². The first-order valence-corrected chi connectivity index (χ1v) is 9.50. The summed E-state index contributed by atoms with van der Waals surface area (Å²) in [7, 11) is 1.81. The van der Waals surface area contributed by atoms with Crippen molar-refractivity contribution < 1.29 is 4.74 Å². The molecule has 0 heterocycles. The SMILES string of the molecule is CCN(CC)CCCC(C)NC(=NC)NCC(C)Oc1ccccc1.I. The van der Waals surface area contributed by atoms with Crippen LogP contribution >= 0.6 is 24.0 Å². The van der Waals surface area contributed by atoms with E-state index in [4.69, 9.17) is 4.74 Å². The highest BCUT2D eigenvalue weighted by molar-refractivity contribution is 14.0. The number of benzene rings is 1. The Hall–Kier alpha value is -1.02. The van der Waals surface area contributed by atoms with Gasteiger partial charge in [-0.15, -0.1) is 24.0 Å². The van der Waals surface area contributed by atoms with Crippen LogP contribution < -0.4 is 15.4 Å². The number of hydrogen-bond acceptors (Lipinski definition) is 3.